The largest absolute Gasteiger partial charge is 0.378 e. The number of ether oxygens (including phenoxy) is 1. The first kappa shape index (κ1) is 16.9. The van der Waals surface area contributed by atoms with E-state index in [1.165, 1.54) is 0 Å². The first-order valence-corrected chi connectivity index (χ1v) is 9.26. The second kappa shape index (κ2) is 7.75. The van der Waals surface area contributed by atoms with Crippen LogP contribution in [0.25, 0.3) is 0 Å². The number of nitrogens with zero attached hydrogens (tertiary/aromatic N) is 4. The number of hydrogen-bond donors (Lipinski definition) is 0. The fraction of sp³-hybridized carbons (Fsp3) is 0.467. The fourth-order valence-electron chi connectivity index (χ4n) is 2.47. The average Bonchev–Trinajstić information content (AvgIpc) is 2.98. The minimum atomic E-state index is 0.666. The lowest BCUT2D eigenvalue weighted by atomic mass is 10.2. The Bertz CT molecular complexity index is 653. The van der Waals surface area contributed by atoms with Crippen LogP contribution < -0.4 is 4.90 Å². The maximum atomic E-state index is 6.23. The molecule has 1 aromatic carbocycles. The molecule has 0 N–H and O–H groups in total. The van der Waals surface area contributed by atoms with Crippen LogP contribution in [0.1, 0.15) is 12.5 Å². The van der Waals surface area contributed by atoms with Gasteiger partial charge >= 0.3 is 0 Å². The summed E-state index contributed by atoms with van der Waals surface area (Å²) >= 11 is 14.1. The molecule has 0 aliphatic carbocycles. The zero-order valence-electron chi connectivity index (χ0n) is 12.8. The molecule has 124 valence electrons. The minimum absolute atomic E-state index is 0.666. The number of hydrogen-bond acceptors (Lipinski definition) is 5. The molecule has 2 aromatic rings. The molecule has 2 heterocycles. The summed E-state index contributed by atoms with van der Waals surface area (Å²) < 4.78 is 7.53. The van der Waals surface area contributed by atoms with Gasteiger partial charge in [-0.25, -0.2) is 0 Å². The summed E-state index contributed by atoms with van der Waals surface area (Å²) in [7, 11) is 0. The van der Waals surface area contributed by atoms with Crippen molar-refractivity contribution in [3.63, 3.8) is 0 Å². The standard InChI is InChI=1S/C15H18Cl2N4OS/c1-2-21-14(20-6-8-22-9-7-20)18-19-15(21)23-10-11-12(16)4-3-5-13(11)17/h3-5H,2,6-10H2,1H3. The van der Waals surface area contributed by atoms with E-state index < -0.39 is 0 Å². The van der Waals surface area contributed by atoms with E-state index in [1.807, 2.05) is 18.2 Å². The Labute approximate surface area is 149 Å². The molecule has 0 unspecified atom stereocenters. The van der Waals surface area contributed by atoms with Crippen molar-refractivity contribution in [2.45, 2.75) is 24.4 Å². The van der Waals surface area contributed by atoms with E-state index in [0.717, 1.165) is 49.5 Å². The highest BCUT2D eigenvalue weighted by atomic mass is 35.5. The van der Waals surface area contributed by atoms with E-state index in [2.05, 4.69) is 26.6 Å². The highest BCUT2D eigenvalue weighted by molar-refractivity contribution is 7.98. The topological polar surface area (TPSA) is 43.2 Å². The zero-order chi connectivity index (χ0) is 16.2. The van der Waals surface area contributed by atoms with Gasteiger partial charge in [0.2, 0.25) is 5.95 Å². The van der Waals surface area contributed by atoms with Crippen LogP contribution in [0.2, 0.25) is 10.0 Å². The molecule has 23 heavy (non-hydrogen) atoms. The zero-order valence-corrected chi connectivity index (χ0v) is 15.2. The first-order chi connectivity index (χ1) is 11.2. The maximum Gasteiger partial charge on any atom is 0.228 e. The third-order valence-electron chi connectivity index (χ3n) is 3.71. The van der Waals surface area contributed by atoms with Crippen molar-refractivity contribution in [3.8, 4) is 0 Å². The predicted octanol–water partition coefficient (Wildman–Crippen LogP) is 3.73. The lowest BCUT2D eigenvalue weighted by Gasteiger charge is -2.27. The summed E-state index contributed by atoms with van der Waals surface area (Å²) in [5, 5.41) is 11.0. The lowest BCUT2D eigenvalue weighted by Crippen LogP contribution is -2.38. The molecule has 1 fully saturated rings. The van der Waals surface area contributed by atoms with Crippen molar-refractivity contribution < 1.29 is 4.74 Å². The van der Waals surface area contributed by atoms with Crippen LogP contribution in [0.15, 0.2) is 23.4 Å². The molecule has 0 spiro atoms. The Hall–Kier alpha value is -0.950. The molecule has 0 bridgehead atoms. The van der Waals surface area contributed by atoms with E-state index >= 15 is 0 Å². The molecule has 0 saturated carbocycles. The number of thioether (sulfide) groups is 1. The molecule has 1 aromatic heterocycles. The Kier molecular flexibility index (Phi) is 5.69. The molecule has 8 heteroatoms. The summed E-state index contributed by atoms with van der Waals surface area (Å²) in [6.07, 6.45) is 0. The molecule has 1 saturated heterocycles. The van der Waals surface area contributed by atoms with Crippen LogP contribution in [-0.4, -0.2) is 41.1 Å². The highest BCUT2D eigenvalue weighted by Crippen LogP contribution is 2.32. The molecular formula is C15H18Cl2N4OS. The first-order valence-electron chi connectivity index (χ1n) is 7.52. The van der Waals surface area contributed by atoms with Crippen LogP contribution in [0.5, 0.6) is 0 Å². The summed E-state index contributed by atoms with van der Waals surface area (Å²) in [5.74, 6) is 1.57. The second-order valence-electron chi connectivity index (χ2n) is 5.12. The Morgan fingerprint density at radius 2 is 1.87 bits per heavy atom. The Morgan fingerprint density at radius 3 is 2.52 bits per heavy atom. The van der Waals surface area contributed by atoms with E-state index in [4.69, 9.17) is 27.9 Å². The van der Waals surface area contributed by atoms with Gasteiger partial charge in [-0.1, -0.05) is 41.0 Å². The fourth-order valence-corrected chi connectivity index (χ4v) is 4.21. The third-order valence-corrected chi connectivity index (χ3v) is 5.42. The maximum absolute atomic E-state index is 6.23. The Morgan fingerprint density at radius 1 is 1.17 bits per heavy atom. The van der Waals surface area contributed by atoms with Crippen molar-refractivity contribution in [3.05, 3.63) is 33.8 Å². The van der Waals surface area contributed by atoms with Crippen LogP contribution in [0.4, 0.5) is 5.95 Å². The lowest BCUT2D eigenvalue weighted by molar-refractivity contribution is 0.121. The molecule has 1 aliphatic rings. The number of rotatable bonds is 5. The SMILES string of the molecule is CCn1c(SCc2c(Cl)cccc2Cl)nnc1N1CCOCC1. The number of benzene rings is 1. The van der Waals surface area contributed by atoms with Crippen LogP contribution in [0, 0.1) is 0 Å². The normalized spacial score (nSPS) is 15.2. The summed E-state index contributed by atoms with van der Waals surface area (Å²) in [6.45, 7) is 6.07. The van der Waals surface area contributed by atoms with Crippen molar-refractivity contribution >= 4 is 40.9 Å². The molecule has 3 rings (SSSR count). The predicted molar refractivity (Wildman–Crippen MR) is 94.8 cm³/mol. The summed E-state index contributed by atoms with van der Waals surface area (Å²) in [5.41, 5.74) is 0.930. The molecule has 0 atom stereocenters. The van der Waals surface area contributed by atoms with Crippen LogP contribution in [0.3, 0.4) is 0 Å². The van der Waals surface area contributed by atoms with Crippen molar-refractivity contribution in [2.24, 2.45) is 0 Å². The van der Waals surface area contributed by atoms with Gasteiger partial charge in [0.1, 0.15) is 0 Å². The van der Waals surface area contributed by atoms with Gasteiger partial charge in [-0.05, 0) is 24.6 Å². The van der Waals surface area contributed by atoms with Crippen LogP contribution >= 0.6 is 35.0 Å². The van der Waals surface area contributed by atoms with Gasteiger partial charge in [0.05, 0.1) is 13.2 Å². The van der Waals surface area contributed by atoms with E-state index in [0.29, 0.717) is 15.8 Å². The number of halogens is 2. The van der Waals surface area contributed by atoms with Gasteiger partial charge in [-0.2, -0.15) is 0 Å². The molecule has 0 radical (unpaired) electrons. The van der Waals surface area contributed by atoms with Crippen molar-refractivity contribution in [1.29, 1.82) is 0 Å². The van der Waals surface area contributed by atoms with E-state index in [9.17, 15) is 0 Å². The van der Waals surface area contributed by atoms with E-state index in [1.54, 1.807) is 11.8 Å². The minimum Gasteiger partial charge on any atom is -0.378 e. The molecular weight excluding hydrogens is 355 g/mol. The second-order valence-corrected chi connectivity index (χ2v) is 6.87. The van der Waals surface area contributed by atoms with Crippen molar-refractivity contribution in [2.75, 3.05) is 31.2 Å². The van der Waals surface area contributed by atoms with Gasteiger partial charge < -0.3 is 9.64 Å². The van der Waals surface area contributed by atoms with Crippen molar-refractivity contribution in [1.82, 2.24) is 14.8 Å². The molecule has 5 nitrogen and oxygen atoms in total. The number of morpholine rings is 1. The molecule has 1 aliphatic heterocycles. The van der Waals surface area contributed by atoms with Crippen LogP contribution in [-0.2, 0) is 17.0 Å². The monoisotopic (exact) mass is 372 g/mol. The number of anilines is 1. The average molecular weight is 373 g/mol. The third kappa shape index (κ3) is 3.76. The molecule has 0 amide bonds. The van der Waals surface area contributed by atoms with Gasteiger partial charge in [0, 0.05) is 35.4 Å². The quantitative estimate of drug-likeness (QED) is 0.748. The van der Waals surface area contributed by atoms with Gasteiger partial charge in [0.25, 0.3) is 0 Å². The summed E-state index contributed by atoms with van der Waals surface area (Å²) in [4.78, 5) is 2.21. The van der Waals surface area contributed by atoms with Gasteiger partial charge in [-0.3, -0.25) is 4.57 Å². The van der Waals surface area contributed by atoms with Gasteiger partial charge in [-0.15, -0.1) is 10.2 Å². The summed E-state index contributed by atoms with van der Waals surface area (Å²) in [6, 6.07) is 5.56. The smallest absolute Gasteiger partial charge is 0.228 e. The van der Waals surface area contributed by atoms with Gasteiger partial charge in [0.15, 0.2) is 5.16 Å². The number of aromatic nitrogens is 3. The Balaban J connectivity index is 1.77. The highest BCUT2D eigenvalue weighted by Gasteiger charge is 2.20. The van der Waals surface area contributed by atoms with E-state index in [-0.39, 0.29) is 0 Å².